The number of halogens is 1. The molecule has 2 rings (SSSR count). The smallest absolute Gasteiger partial charge is 0.135 e. The molecule has 108 valence electrons. The molecule has 0 amide bonds. The molecule has 3 nitrogen and oxygen atoms in total. The Morgan fingerprint density at radius 3 is 2.70 bits per heavy atom. The SMILES string of the molecule is COc1cc(NCc2cnc(C(C)(C)C)s2)ccc1Br. The number of nitrogens with one attached hydrogen (secondary N) is 1. The Kier molecular flexibility index (Phi) is 4.70. The van der Waals surface area contributed by atoms with Crippen LogP contribution in [-0.4, -0.2) is 12.1 Å². The number of hydrogen-bond acceptors (Lipinski definition) is 4. The maximum atomic E-state index is 5.29. The van der Waals surface area contributed by atoms with Crippen molar-refractivity contribution in [2.24, 2.45) is 0 Å². The molecular formula is C15H19BrN2OS. The topological polar surface area (TPSA) is 34.1 Å². The van der Waals surface area contributed by atoms with Gasteiger partial charge in [-0.1, -0.05) is 20.8 Å². The van der Waals surface area contributed by atoms with Gasteiger partial charge in [-0.05, 0) is 28.1 Å². The number of rotatable bonds is 4. The molecule has 5 heteroatoms. The van der Waals surface area contributed by atoms with E-state index in [1.165, 1.54) is 9.88 Å². The zero-order chi connectivity index (χ0) is 14.8. The predicted molar refractivity (Wildman–Crippen MR) is 88.8 cm³/mol. The van der Waals surface area contributed by atoms with E-state index in [-0.39, 0.29) is 5.41 Å². The van der Waals surface area contributed by atoms with Gasteiger partial charge in [-0.3, -0.25) is 0 Å². The fourth-order valence-electron chi connectivity index (χ4n) is 1.69. The van der Waals surface area contributed by atoms with Crippen LogP contribution in [0.4, 0.5) is 5.69 Å². The molecule has 0 spiro atoms. The normalized spacial score (nSPS) is 11.4. The van der Waals surface area contributed by atoms with Crippen LogP contribution < -0.4 is 10.1 Å². The predicted octanol–water partition coefficient (Wildman–Crippen LogP) is 4.82. The van der Waals surface area contributed by atoms with Gasteiger partial charge in [-0.25, -0.2) is 4.98 Å². The average molecular weight is 355 g/mol. The molecule has 0 aliphatic heterocycles. The van der Waals surface area contributed by atoms with Gasteiger partial charge in [0.25, 0.3) is 0 Å². The molecule has 1 heterocycles. The van der Waals surface area contributed by atoms with Crippen LogP contribution in [0.15, 0.2) is 28.9 Å². The highest BCUT2D eigenvalue weighted by atomic mass is 79.9. The number of thiazole rings is 1. The fraction of sp³-hybridized carbons (Fsp3) is 0.400. The third-order valence-electron chi connectivity index (χ3n) is 2.81. The van der Waals surface area contributed by atoms with Crippen LogP contribution >= 0.6 is 27.3 Å². The summed E-state index contributed by atoms with van der Waals surface area (Å²) < 4.78 is 6.25. The molecule has 0 fully saturated rings. The lowest BCUT2D eigenvalue weighted by Gasteiger charge is -2.13. The van der Waals surface area contributed by atoms with Crippen molar-refractivity contribution in [3.05, 3.63) is 38.8 Å². The van der Waals surface area contributed by atoms with Gasteiger partial charge in [0.05, 0.1) is 23.1 Å². The van der Waals surface area contributed by atoms with Crippen LogP contribution in [0, 0.1) is 0 Å². The Balaban J connectivity index is 2.04. The second-order valence-electron chi connectivity index (χ2n) is 5.58. The number of anilines is 1. The molecule has 0 aliphatic rings. The van der Waals surface area contributed by atoms with Gasteiger partial charge in [-0.2, -0.15) is 0 Å². The zero-order valence-electron chi connectivity index (χ0n) is 12.2. The van der Waals surface area contributed by atoms with E-state index >= 15 is 0 Å². The van der Waals surface area contributed by atoms with Gasteiger partial charge in [0.2, 0.25) is 0 Å². The van der Waals surface area contributed by atoms with Crippen LogP contribution in [0.1, 0.15) is 30.7 Å². The van der Waals surface area contributed by atoms with Crippen molar-refractivity contribution in [1.29, 1.82) is 0 Å². The molecule has 0 saturated carbocycles. The molecule has 2 aromatic rings. The zero-order valence-corrected chi connectivity index (χ0v) is 14.6. The molecule has 1 N–H and O–H groups in total. The van der Waals surface area contributed by atoms with Crippen molar-refractivity contribution >= 4 is 33.0 Å². The summed E-state index contributed by atoms with van der Waals surface area (Å²) in [5, 5.41) is 4.57. The maximum Gasteiger partial charge on any atom is 0.135 e. The summed E-state index contributed by atoms with van der Waals surface area (Å²) in [4.78, 5) is 5.73. The molecule has 0 radical (unpaired) electrons. The summed E-state index contributed by atoms with van der Waals surface area (Å²) in [5.74, 6) is 0.828. The molecule has 0 saturated heterocycles. The van der Waals surface area contributed by atoms with Gasteiger partial charge in [-0.15, -0.1) is 11.3 Å². The standard InChI is InChI=1S/C15H19BrN2OS/c1-15(2,3)14-18-9-11(20-14)8-17-10-5-6-12(16)13(7-10)19-4/h5-7,9,17H,8H2,1-4H3. The number of nitrogens with zero attached hydrogens (tertiary/aromatic N) is 1. The van der Waals surface area contributed by atoms with E-state index in [2.05, 4.69) is 47.0 Å². The van der Waals surface area contributed by atoms with Crippen molar-refractivity contribution < 1.29 is 4.74 Å². The van der Waals surface area contributed by atoms with Gasteiger partial charge >= 0.3 is 0 Å². The van der Waals surface area contributed by atoms with Gasteiger partial charge < -0.3 is 10.1 Å². The highest BCUT2D eigenvalue weighted by Gasteiger charge is 2.17. The Labute approximate surface area is 132 Å². The number of benzene rings is 1. The highest BCUT2D eigenvalue weighted by molar-refractivity contribution is 9.10. The van der Waals surface area contributed by atoms with Gasteiger partial charge in [0.1, 0.15) is 5.75 Å². The number of methoxy groups -OCH3 is 1. The van der Waals surface area contributed by atoms with Crippen LogP contribution in [0.25, 0.3) is 0 Å². The summed E-state index contributed by atoms with van der Waals surface area (Å²) in [6, 6.07) is 5.99. The summed E-state index contributed by atoms with van der Waals surface area (Å²) in [6.07, 6.45) is 1.95. The average Bonchev–Trinajstić information content (AvgIpc) is 2.86. The molecule has 20 heavy (non-hydrogen) atoms. The van der Waals surface area contributed by atoms with Crippen molar-refractivity contribution in [3.63, 3.8) is 0 Å². The van der Waals surface area contributed by atoms with E-state index in [1.807, 2.05) is 24.4 Å². The minimum atomic E-state index is 0.115. The second-order valence-corrected chi connectivity index (χ2v) is 7.55. The first-order chi connectivity index (χ1) is 9.40. The number of hydrogen-bond donors (Lipinski definition) is 1. The summed E-state index contributed by atoms with van der Waals surface area (Å²) in [5.41, 5.74) is 1.15. The van der Waals surface area contributed by atoms with Crippen molar-refractivity contribution in [3.8, 4) is 5.75 Å². The third kappa shape index (κ3) is 3.73. The summed E-state index contributed by atoms with van der Waals surface area (Å²) in [6.45, 7) is 7.33. The summed E-state index contributed by atoms with van der Waals surface area (Å²) >= 11 is 5.21. The van der Waals surface area contributed by atoms with Crippen molar-refractivity contribution in [2.45, 2.75) is 32.7 Å². The van der Waals surface area contributed by atoms with E-state index in [9.17, 15) is 0 Å². The number of aromatic nitrogens is 1. The largest absolute Gasteiger partial charge is 0.495 e. The van der Waals surface area contributed by atoms with Crippen molar-refractivity contribution in [1.82, 2.24) is 4.98 Å². The second kappa shape index (κ2) is 6.14. The molecule has 0 atom stereocenters. The first-order valence-corrected chi connectivity index (χ1v) is 8.03. The Hall–Kier alpha value is -1.07. The van der Waals surface area contributed by atoms with Gasteiger partial charge in [0, 0.05) is 28.2 Å². The van der Waals surface area contributed by atoms with Crippen LogP contribution in [0.2, 0.25) is 0 Å². The van der Waals surface area contributed by atoms with E-state index in [0.717, 1.165) is 22.5 Å². The first kappa shape index (κ1) is 15.3. The van der Waals surface area contributed by atoms with Crippen molar-refractivity contribution in [2.75, 3.05) is 12.4 Å². The molecule has 1 aromatic carbocycles. The molecule has 0 unspecified atom stereocenters. The Morgan fingerprint density at radius 2 is 2.10 bits per heavy atom. The van der Waals surface area contributed by atoms with Gasteiger partial charge in [0.15, 0.2) is 0 Å². The molecule has 0 aliphatic carbocycles. The first-order valence-electron chi connectivity index (χ1n) is 6.43. The lowest BCUT2D eigenvalue weighted by atomic mass is 9.98. The fourth-order valence-corrected chi connectivity index (χ4v) is 3.01. The lowest BCUT2D eigenvalue weighted by molar-refractivity contribution is 0.412. The van der Waals surface area contributed by atoms with Crippen LogP contribution in [0.5, 0.6) is 5.75 Å². The summed E-state index contributed by atoms with van der Waals surface area (Å²) in [7, 11) is 1.67. The van der Waals surface area contributed by atoms with Crippen LogP contribution in [0.3, 0.4) is 0 Å². The quantitative estimate of drug-likeness (QED) is 0.854. The number of ether oxygens (including phenoxy) is 1. The molecule has 1 aromatic heterocycles. The van der Waals surface area contributed by atoms with E-state index < -0.39 is 0 Å². The van der Waals surface area contributed by atoms with E-state index in [1.54, 1.807) is 18.4 Å². The minimum Gasteiger partial charge on any atom is -0.495 e. The Morgan fingerprint density at radius 1 is 1.35 bits per heavy atom. The minimum absolute atomic E-state index is 0.115. The van der Waals surface area contributed by atoms with Crippen LogP contribution in [-0.2, 0) is 12.0 Å². The third-order valence-corrected chi connectivity index (χ3v) is 4.89. The lowest BCUT2D eigenvalue weighted by Crippen LogP contribution is -2.09. The van der Waals surface area contributed by atoms with E-state index in [0.29, 0.717) is 0 Å². The monoisotopic (exact) mass is 354 g/mol. The Bertz CT molecular complexity index is 590. The van der Waals surface area contributed by atoms with E-state index in [4.69, 9.17) is 4.74 Å². The highest BCUT2D eigenvalue weighted by Crippen LogP contribution is 2.29. The molecular weight excluding hydrogens is 336 g/mol. The molecule has 0 bridgehead atoms. The maximum absolute atomic E-state index is 5.29.